The largest absolute Gasteiger partial charge is 0.302 e. The highest BCUT2D eigenvalue weighted by atomic mass is 32.2. The Balaban J connectivity index is 2.22. The molecule has 0 radical (unpaired) electrons. The lowest BCUT2D eigenvalue weighted by molar-refractivity contribution is -0.107. The minimum Gasteiger partial charge on any atom is -0.302 e. The number of rotatable bonds is 1. The first-order chi connectivity index (χ1) is 3.93. The Hall–Kier alpha value is 0.370. The predicted octanol–water partition coefficient (Wildman–Crippen LogP) is 1.03. The molecule has 1 saturated heterocycles. The van der Waals surface area contributed by atoms with E-state index < -0.39 is 0 Å². The number of carbonyl (C=O) groups is 1. The Kier molecular flexibility index (Phi) is 2.76. The van der Waals surface area contributed by atoms with Gasteiger partial charge in [0.1, 0.15) is 6.29 Å². The van der Waals surface area contributed by atoms with Crippen LogP contribution >= 0.6 is 23.5 Å². The summed E-state index contributed by atoms with van der Waals surface area (Å²) in [6, 6.07) is 0. The van der Waals surface area contributed by atoms with E-state index in [1.54, 1.807) is 11.8 Å². The highest BCUT2D eigenvalue weighted by molar-refractivity contribution is 8.07. The summed E-state index contributed by atoms with van der Waals surface area (Å²) in [6.45, 7) is 0. The smallest absolute Gasteiger partial charge is 0.133 e. The van der Waals surface area contributed by atoms with Crippen LogP contribution in [0.5, 0.6) is 0 Å². The van der Waals surface area contributed by atoms with Crippen LogP contribution in [0.25, 0.3) is 0 Å². The Bertz CT molecular complexity index is 78.5. The summed E-state index contributed by atoms with van der Waals surface area (Å²) in [5.41, 5.74) is 0. The first-order valence-electron chi connectivity index (χ1n) is 2.58. The zero-order chi connectivity index (χ0) is 5.82. The van der Waals surface area contributed by atoms with E-state index in [2.05, 4.69) is 0 Å². The maximum absolute atomic E-state index is 10.1. The van der Waals surface area contributed by atoms with Gasteiger partial charge in [-0.1, -0.05) is 0 Å². The molecule has 0 aromatic heterocycles. The van der Waals surface area contributed by atoms with Gasteiger partial charge in [0.2, 0.25) is 0 Å². The van der Waals surface area contributed by atoms with Crippen molar-refractivity contribution in [1.82, 2.24) is 0 Å². The molecule has 0 bridgehead atoms. The van der Waals surface area contributed by atoms with E-state index in [9.17, 15) is 4.79 Å². The van der Waals surface area contributed by atoms with Crippen molar-refractivity contribution in [3.63, 3.8) is 0 Å². The maximum atomic E-state index is 10.1. The van der Waals surface area contributed by atoms with Crippen LogP contribution in [-0.4, -0.2) is 28.8 Å². The van der Waals surface area contributed by atoms with Gasteiger partial charge in [-0.3, -0.25) is 0 Å². The van der Waals surface area contributed by atoms with Gasteiger partial charge < -0.3 is 4.79 Å². The second-order valence-electron chi connectivity index (χ2n) is 1.62. The molecule has 1 aliphatic heterocycles. The van der Waals surface area contributed by atoms with Crippen LogP contribution in [0.3, 0.4) is 0 Å². The third-order valence-corrected chi connectivity index (χ3v) is 3.70. The molecule has 0 saturated carbocycles. The number of aldehydes is 1. The van der Waals surface area contributed by atoms with Crippen LogP contribution in [0.1, 0.15) is 0 Å². The molecule has 1 atom stereocenters. The van der Waals surface area contributed by atoms with Gasteiger partial charge in [-0.15, -0.1) is 11.8 Å². The highest BCUT2D eigenvalue weighted by Gasteiger charge is 2.11. The third kappa shape index (κ3) is 1.71. The van der Waals surface area contributed by atoms with Crippen molar-refractivity contribution < 1.29 is 4.79 Å². The van der Waals surface area contributed by atoms with Crippen molar-refractivity contribution in [3.8, 4) is 0 Å². The first-order valence-corrected chi connectivity index (χ1v) is 4.78. The number of hydrogen-bond acceptors (Lipinski definition) is 3. The minimum atomic E-state index is 0.286. The highest BCUT2D eigenvalue weighted by Crippen LogP contribution is 2.21. The molecule has 1 unspecified atom stereocenters. The Morgan fingerprint density at radius 2 is 2.38 bits per heavy atom. The van der Waals surface area contributed by atoms with Crippen LogP contribution in [0.4, 0.5) is 0 Å². The van der Waals surface area contributed by atoms with Crippen molar-refractivity contribution in [2.75, 3.05) is 17.3 Å². The molecule has 1 aliphatic rings. The van der Waals surface area contributed by atoms with Gasteiger partial charge in [0.15, 0.2) is 0 Å². The van der Waals surface area contributed by atoms with E-state index >= 15 is 0 Å². The molecular weight excluding hydrogens is 140 g/mol. The molecule has 1 fully saturated rings. The van der Waals surface area contributed by atoms with Gasteiger partial charge in [-0.05, 0) is 0 Å². The summed E-state index contributed by atoms with van der Waals surface area (Å²) in [6.07, 6.45) is 1.05. The average Bonchev–Trinajstić information content (AvgIpc) is 1.90. The molecule has 0 aromatic carbocycles. The third-order valence-electron chi connectivity index (χ3n) is 0.993. The van der Waals surface area contributed by atoms with Crippen LogP contribution in [-0.2, 0) is 4.79 Å². The molecule has 46 valence electrons. The fourth-order valence-corrected chi connectivity index (χ4v) is 2.97. The van der Waals surface area contributed by atoms with Crippen molar-refractivity contribution in [3.05, 3.63) is 0 Å². The fraction of sp³-hybridized carbons (Fsp3) is 0.800. The lowest BCUT2D eigenvalue weighted by Gasteiger charge is -2.14. The predicted molar refractivity (Wildman–Crippen MR) is 39.6 cm³/mol. The van der Waals surface area contributed by atoms with Crippen LogP contribution in [0.15, 0.2) is 0 Å². The van der Waals surface area contributed by atoms with Gasteiger partial charge >= 0.3 is 0 Å². The van der Waals surface area contributed by atoms with Gasteiger partial charge in [0.05, 0.1) is 5.25 Å². The van der Waals surface area contributed by atoms with Crippen molar-refractivity contribution in [2.24, 2.45) is 0 Å². The zero-order valence-electron chi connectivity index (χ0n) is 4.50. The Labute approximate surface area is 57.6 Å². The molecule has 3 heteroatoms. The average molecular weight is 148 g/mol. The van der Waals surface area contributed by atoms with Crippen molar-refractivity contribution >= 4 is 29.8 Å². The van der Waals surface area contributed by atoms with E-state index in [0.717, 1.165) is 17.8 Å². The zero-order valence-corrected chi connectivity index (χ0v) is 6.13. The topological polar surface area (TPSA) is 17.1 Å². The summed E-state index contributed by atoms with van der Waals surface area (Å²) in [5, 5.41) is 0.286. The molecule has 1 heterocycles. The lowest BCUT2D eigenvalue weighted by Crippen LogP contribution is -2.14. The second kappa shape index (κ2) is 3.41. The molecule has 0 aromatic rings. The van der Waals surface area contributed by atoms with E-state index in [4.69, 9.17) is 0 Å². The van der Waals surface area contributed by atoms with Crippen LogP contribution in [0, 0.1) is 0 Å². The molecule has 8 heavy (non-hydrogen) atoms. The molecule has 0 amide bonds. The van der Waals surface area contributed by atoms with Crippen LogP contribution in [0.2, 0.25) is 0 Å². The van der Waals surface area contributed by atoms with Crippen molar-refractivity contribution in [2.45, 2.75) is 5.25 Å². The van der Waals surface area contributed by atoms with E-state index in [-0.39, 0.29) is 5.25 Å². The molecule has 1 nitrogen and oxygen atoms in total. The van der Waals surface area contributed by atoms with Crippen molar-refractivity contribution in [1.29, 1.82) is 0 Å². The molecular formula is C5H8OS2. The molecule has 0 N–H and O–H groups in total. The van der Waals surface area contributed by atoms with Gasteiger partial charge in [0.25, 0.3) is 0 Å². The standard InChI is InChI=1S/C5H8OS2/c6-3-5-4-7-1-2-8-5/h3,5H,1-2,4H2. The van der Waals surface area contributed by atoms with Crippen LogP contribution < -0.4 is 0 Å². The Morgan fingerprint density at radius 1 is 1.50 bits per heavy atom. The number of thioether (sulfide) groups is 2. The maximum Gasteiger partial charge on any atom is 0.133 e. The van der Waals surface area contributed by atoms with E-state index in [0.29, 0.717) is 0 Å². The summed E-state index contributed by atoms with van der Waals surface area (Å²) < 4.78 is 0. The second-order valence-corrected chi connectivity index (χ2v) is 4.12. The first kappa shape index (κ1) is 6.49. The monoisotopic (exact) mass is 148 g/mol. The van der Waals surface area contributed by atoms with Gasteiger partial charge in [-0.25, -0.2) is 0 Å². The summed E-state index contributed by atoms with van der Waals surface area (Å²) in [4.78, 5) is 10.1. The van der Waals surface area contributed by atoms with E-state index in [1.807, 2.05) is 11.8 Å². The SMILES string of the molecule is O=CC1CSCCS1. The quantitative estimate of drug-likeness (QED) is 0.517. The molecule has 1 rings (SSSR count). The van der Waals surface area contributed by atoms with E-state index in [1.165, 1.54) is 5.75 Å². The lowest BCUT2D eigenvalue weighted by atomic mass is 10.5. The molecule has 0 aliphatic carbocycles. The fourth-order valence-electron chi connectivity index (χ4n) is 0.585. The minimum absolute atomic E-state index is 0.286. The summed E-state index contributed by atoms with van der Waals surface area (Å²) in [7, 11) is 0. The molecule has 0 spiro atoms. The number of carbonyl (C=O) groups excluding carboxylic acids is 1. The summed E-state index contributed by atoms with van der Waals surface area (Å²) in [5.74, 6) is 3.39. The van der Waals surface area contributed by atoms with Gasteiger partial charge in [-0.2, -0.15) is 11.8 Å². The normalized spacial score (nSPS) is 29.8. The number of hydrogen-bond donors (Lipinski definition) is 0. The Morgan fingerprint density at radius 3 is 2.75 bits per heavy atom. The summed E-state index contributed by atoms with van der Waals surface area (Å²) >= 11 is 3.65. The van der Waals surface area contributed by atoms with Gasteiger partial charge in [0, 0.05) is 17.3 Å².